The van der Waals surface area contributed by atoms with E-state index in [1.165, 1.54) is 36.4 Å². The van der Waals surface area contributed by atoms with Crippen molar-refractivity contribution in [2.45, 2.75) is 13.8 Å². The van der Waals surface area contributed by atoms with Crippen LogP contribution >= 0.6 is 0 Å². The van der Waals surface area contributed by atoms with Gasteiger partial charge in [-0.3, -0.25) is 20.2 Å². The van der Waals surface area contributed by atoms with Crippen molar-refractivity contribution in [3.63, 3.8) is 0 Å². The van der Waals surface area contributed by atoms with Crippen LogP contribution in [-0.2, 0) is 0 Å². The van der Waals surface area contributed by atoms with E-state index < -0.39 is 21.8 Å². The number of nitro groups is 2. The highest BCUT2D eigenvalue weighted by Gasteiger charge is 2.17. The van der Waals surface area contributed by atoms with Crippen LogP contribution in [-0.4, -0.2) is 21.8 Å². The van der Waals surface area contributed by atoms with E-state index in [0.717, 1.165) is 11.1 Å². The summed E-state index contributed by atoms with van der Waals surface area (Å²) in [6.45, 7) is 3.10. The summed E-state index contributed by atoms with van der Waals surface area (Å²) in [5.74, 6) is -0.660. The molecule has 0 heterocycles. The minimum atomic E-state index is -0.634. The van der Waals surface area contributed by atoms with Crippen molar-refractivity contribution in [2.75, 3.05) is 0 Å². The van der Waals surface area contributed by atoms with Crippen LogP contribution in [0.15, 0.2) is 84.9 Å². The molecule has 4 aromatic carbocycles. The second kappa shape index (κ2) is 10.7. The van der Waals surface area contributed by atoms with Gasteiger partial charge >= 0.3 is 11.9 Å². The molecule has 0 aromatic heterocycles. The lowest BCUT2D eigenvalue weighted by atomic mass is 10.1. The molecular weight excluding hydrogens is 492 g/mol. The van der Waals surface area contributed by atoms with E-state index in [9.17, 15) is 29.8 Å². The van der Waals surface area contributed by atoms with Crippen LogP contribution in [0.25, 0.3) is 11.1 Å². The summed E-state index contributed by atoms with van der Waals surface area (Å²) in [5.41, 5.74) is 2.60. The van der Waals surface area contributed by atoms with Crippen LogP contribution < -0.4 is 9.47 Å². The Bertz CT molecular complexity index is 1440. The second-order valence-corrected chi connectivity index (χ2v) is 8.34. The zero-order valence-corrected chi connectivity index (χ0v) is 20.2. The number of ether oxygens (including phenoxy) is 2. The SMILES string of the molecule is Cc1cc(C(=O)Oc2ccc(-c3ccc(OC(=O)c4ccc([N+](=O)[O-])c(C)c4)cc3)cc2)ccc1[N+](=O)[O-]. The van der Waals surface area contributed by atoms with E-state index in [1.807, 2.05) is 0 Å². The van der Waals surface area contributed by atoms with Gasteiger partial charge in [-0.25, -0.2) is 9.59 Å². The lowest BCUT2D eigenvalue weighted by Gasteiger charge is -2.08. The molecule has 190 valence electrons. The molecule has 4 rings (SSSR count). The number of nitrogens with zero attached hydrogens (tertiary/aromatic N) is 2. The Labute approximate surface area is 216 Å². The molecule has 10 nitrogen and oxygen atoms in total. The summed E-state index contributed by atoms with van der Waals surface area (Å²) in [6, 6.07) is 21.5. The fourth-order valence-electron chi connectivity index (χ4n) is 3.74. The molecule has 0 aliphatic rings. The molecular formula is C28H20N2O8. The topological polar surface area (TPSA) is 139 Å². The third-order valence-electron chi connectivity index (χ3n) is 5.72. The van der Waals surface area contributed by atoms with Gasteiger partial charge in [0, 0.05) is 23.3 Å². The third-order valence-corrected chi connectivity index (χ3v) is 5.72. The Morgan fingerprint density at radius 1 is 0.579 bits per heavy atom. The molecule has 0 N–H and O–H groups in total. The predicted octanol–water partition coefficient (Wildman–Crippen LogP) is 6.23. The lowest BCUT2D eigenvalue weighted by molar-refractivity contribution is -0.385. The first-order chi connectivity index (χ1) is 18.1. The maximum Gasteiger partial charge on any atom is 0.343 e. The average Bonchev–Trinajstić information content (AvgIpc) is 2.89. The molecule has 0 radical (unpaired) electrons. The molecule has 0 aliphatic heterocycles. The summed E-state index contributed by atoms with van der Waals surface area (Å²) in [6.07, 6.45) is 0. The molecule has 10 heteroatoms. The standard InChI is InChI=1S/C28H20N2O8/c1-17-15-21(7-13-25(17)29(33)34)27(31)37-23-9-3-19(4-10-23)20-5-11-24(12-6-20)38-28(32)22-8-14-26(30(35)36)18(2)16-22/h3-16H,1-2H3. The molecule has 0 bridgehead atoms. The Hall–Kier alpha value is -5.38. The number of carbonyl (C=O) groups excluding carboxylic acids is 2. The van der Waals surface area contributed by atoms with Crippen LogP contribution in [0.4, 0.5) is 11.4 Å². The number of hydrogen-bond acceptors (Lipinski definition) is 8. The van der Waals surface area contributed by atoms with E-state index >= 15 is 0 Å². The molecule has 0 unspecified atom stereocenters. The lowest BCUT2D eigenvalue weighted by Crippen LogP contribution is -2.09. The largest absolute Gasteiger partial charge is 0.423 e. The zero-order chi connectivity index (χ0) is 27.4. The fraction of sp³-hybridized carbons (Fsp3) is 0.0714. The molecule has 0 spiro atoms. The number of rotatable bonds is 7. The maximum atomic E-state index is 12.4. The van der Waals surface area contributed by atoms with Gasteiger partial charge in [-0.05, 0) is 73.5 Å². The first kappa shape index (κ1) is 25.7. The fourth-order valence-corrected chi connectivity index (χ4v) is 3.74. The van der Waals surface area contributed by atoms with Gasteiger partial charge in [0.05, 0.1) is 21.0 Å². The Balaban J connectivity index is 1.40. The first-order valence-electron chi connectivity index (χ1n) is 11.3. The van der Waals surface area contributed by atoms with Crippen LogP contribution in [0.5, 0.6) is 11.5 Å². The Morgan fingerprint density at radius 2 is 0.921 bits per heavy atom. The smallest absolute Gasteiger partial charge is 0.343 e. The van der Waals surface area contributed by atoms with Crippen molar-refractivity contribution < 1.29 is 28.9 Å². The second-order valence-electron chi connectivity index (χ2n) is 8.34. The summed E-state index contributed by atoms with van der Waals surface area (Å²) >= 11 is 0. The molecule has 0 saturated heterocycles. The Morgan fingerprint density at radius 3 is 1.21 bits per heavy atom. The summed E-state index contributed by atoms with van der Waals surface area (Å²) in [5, 5.41) is 21.9. The van der Waals surface area contributed by atoms with E-state index in [-0.39, 0.29) is 22.5 Å². The number of benzene rings is 4. The average molecular weight is 512 g/mol. The molecule has 4 aromatic rings. The van der Waals surface area contributed by atoms with Gasteiger partial charge in [-0.15, -0.1) is 0 Å². The van der Waals surface area contributed by atoms with Gasteiger partial charge in [-0.2, -0.15) is 0 Å². The summed E-state index contributed by atoms with van der Waals surface area (Å²) in [7, 11) is 0. The van der Waals surface area contributed by atoms with Gasteiger partial charge in [0.25, 0.3) is 11.4 Å². The molecule has 0 amide bonds. The van der Waals surface area contributed by atoms with E-state index in [4.69, 9.17) is 9.47 Å². The quantitative estimate of drug-likeness (QED) is 0.123. The highest BCUT2D eigenvalue weighted by Crippen LogP contribution is 2.26. The molecule has 0 aliphatic carbocycles. The highest BCUT2D eigenvalue weighted by atomic mass is 16.6. The van der Waals surface area contributed by atoms with E-state index in [0.29, 0.717) is 22.6 Å². The van der Waals surface area contributed by atoms with Crippen molar-refractivity contribution in [2.24, 2.45) is 0 Å². The van der Waals surface area contributed by atoms with Gasteiger partial charge in [0.2, 0.25) is 0 Å². The van der Waals surface area contributed by atoms with Crippen molar-refractivity contribution in [1.82, 2.24) is 0 Å². The molecule has 0 saturated carbocycles. The van der Waals surface area contributed by atoms with Crippen LogP contribution in [0.2, 0.25) is 0 Å². The van der Waals surface area contributed by atoms with Crippen molar-refractivity contribution in [1.29, 1.82) is 0 Å². The molecule has 0 atom stereocenters. The number of nitro benzene ring substituents is 2. The number of carbonyl (C=O) groups is 2. The third kappa shape index (κ3) is 5.71. The van der Waals surface area contributed by atoms with Crippen molar-refractivity contribution in [3.8, 4) is 22.6 Å². The monoisotopic (exact) mass is 512 g/mol. The number of esters is 2. The zero-order valence-electron chi connectivity index (χ0n) is 20.2. The summed E-state index contributed by atoms with van der Waals surface area (Å²) in [4.78, 5) is 45.7. The van der Waals surface area contributed by atoms with E-state index in [1.54, 1.807) is 62.4 Å². The van der Waals surface area contributed by atoms with Crippen molar-refractivity contribution >= 4 is 23.3 Å². The minimum absolute atomic E-state index is 0.0758. The molecule has 38 heavy (non-hydrogen) atoms. The van der Waals surface area contributed by atoms with Gasteiger partial charge in [-0.1, -0.05) is 24.3 Å². The van der Waals surface area contributed by atoms with Crippen molar-refractivity contribution in [3.05, 3.63) is 127 Å². The first-order valence-corrected chi connectivity index (χ1v) is 11.3. The number of hydrogen-bond donors (Lipinski definition) is 0. The van der Waals surface area contributed by atoms with Gasteiger partial charge in [0.15, 0.2) is 0 Å². The van der Waals surface area contributed by atoms with Gasteiger partial charge in [0.1, 0.15) is 11.5 Å². The predicted molar refractivity (Wildman–Crippen MR) is 137 cm³/mol. The highest BCUT2D eigenvalue weighted by molar-refractivity contribution is 5.92. The normalized spacial score (nSPS) is 10.5. The maximum absolute atomic E-state index is 12.4. The van der Waals surface area contributed by atoms with Crippen LogP contribution in [0.1, 0.15) is 31.8 Å². The van der Waals surface area contributed by atoms with E-state index in [2.05, 4.69) is 0 Å². The summed E-state index contributed by atoms with van der Waals surface area (Å²) < 4.78 is 10.8. The van der Waals surface area contributed by atoms with Crippen LogP contribution in [0, 0.1) is 34.1 Å². The van der Waals surface area contributed by atoms with Crippen LogP contribution in [0.3, 0.4) is 0 Å². The number of aryl methyl sites for hydroxylation is 2. The minimum Gasteiger partial charge on any atom is -0.423 e. The molecule has 0 fully saturated rings. The Kier molecular flexibility index (Phi) is 7.24. The van der Waals surface area contributed by atoms with Gasteiger partial charge < -0.3 is 9.47 Å².